The van der Waals surface area contributed by atoms with Gasteiger partial charge in [0, 0.05) is 54.7 Å². The van der Waals surface area contributed by atoms with Crippen molar-refractivity contribution < 1.29 is 134 Å². The summed E-state index contributed by atoms with van der Waals surface area (Å²) in [4.78, 5) is 11.2. The Labute approximate surface area is 294 Å². The van der Waals surface area contributed by atoms with Crippen LogP contribution < -0.4 is 0 Å². The van der Waals surface area contributed by atoms with Gasteiger partial charge in [-0.05, 0) is 24.9 Å². The van der Waals surface area contributed by atoms with Crippen molar-refractivity contribution in [1.82, 2.24) is 0 Å². The van der Waals surface area contributed by atoms with Crippen molar-refractivity contribution in [3.63, 3.8) is 0 Å². The van der Waals surface area contributed by atoms with Gasteiger partial charge in [0.05, 0.1) is 0 Å². The molecule has 0 fully saturated rings. The third-order valence-electron chi connectivity index (χ3n) is 7.07. The lowest BCUT2D eigenvalue weighted by Crippen LogP contribution is -2.72. The van der Waals surface area contributed by atoms with E-state index in [4.69, 9.17) is 26.6 Å². The molecule has 11 nitrogen and oxygen atoms in total. The van der Waals surface area contributed by atoms with Crippen LogP contribution in [0.25, 0.3) is 0 Å². The molecule has 0 aliphatic carbocycles. The van der Waals surface area contributed by atoms with E-state index in [1.807, 2.05) is 0 Å². The van der Waals surface area contributed by atoms with Crippen LogP contribution in [-0.4, -0.2) is 128 Å². The fraction of sp³-hybridized carbons (Fsp3) is 1.00. The van der Waals surface area contributed by atoms with Crippen LogP contribution in [0.5, 0.6) is 0 Å². The summed E-state index contributed by atoms with van der Waals surface area (Å²) in [5, 5.41) is 0. The summed E-state index contributed by atoms with van der Waals surface area (Å²) in [7, 11) is -9.14. The van der Waals surface area contributed by atoms with Gasteiger partial charge in [0.2, 0.25) is 0 Å². The van der Waals surface area contributed by atoms with E-state index in [0.717, 1.165) is 42.7 Å². The molecular formula is C21H31F19O11Si3. The SMILES string of the molecule is CO[Si](CCC[Si](O)(CCC[Si](OC)(OC)OC)C(F)(OC(F)(F)C(F)(OC(F)(F)C(F)(F)OC(F)(F)OC(F)(F)F)C(F)(F)F)C(F)(F)F)(OC)OC. The summed E-state index contributed by atoms with van der Waals surface area (Å²) in [6.45, 7) is 0. The van der Waals surface area contributed by atoms with Crippen LogP contribution in [0.1, 0.15) is 12.8 Å². The van der Waals surface area contributed by atoms with E-state index in [2.05, 4.69) is 4.74 Å². The first-order chi connectivity index (χ1) is 23.9. The number of halogens is 19. The maximum Gasteiger partial charge on any atom is 0.529 e. The molecule has 0 radical (unpaired) electrons. The molecule has 0 bridgehead atoms. The van der Waals surface area contributed by atoms with Crippen molar-refractivity contribution in [1.29, 1.82) is 0 Å². The van der Waals surface area contributed by atoms with E-state index < -0.39 is 118 Å². The van der Waals surface area contributed by atoms with Crippen LogP contribution in [0.3, 0.4) is 0 Å². The minimum Gasteiger partial charge on any atom is -0.426 e. The smallest absolute Gasteiger partial charge is 0.426 e. The Morgan fingerprint density at radius 2 is 0.741 bits per heavy atom. The van der Waals surface area contributed by atoms with Gasteiger partial charge in [-0.25, -0.2) is 9.13 Å². The highest BCUT2D eigenvalue weighted by Crippen LogP contribution is 2.57. The Morgan fingerprint density at radius 3 is 1.02 bits per heavy atom. The zero-order valence-corrected chi connectivity index (χ0v) is 31.0. The minimum atomic E-state index is -8.18. The number of rotatable bonds is 24. The summed E-state index contributed by atoms with van der Waals surface area (Å²) < 4.78 is 300. The third-order valence-corrected chi connectivity index (χ3v) is 16.7. The monoisotopic (exact) mass is 904 g/mol. The predicted octanol–water partition coefficient (Wildman–Crippen LogP) is 7.37. The number of hydrogen-bond donors (Lipinski definition) is 1. The molecule has 0 aromatic heterocycles. The highest BCUT2D eigenvalue weighted by Gasteiger charge is 2.85. The molecule has 0 aliphatic heterocycles. The highest BCUT2D eigenvalue weighted by molar-refractivity contribution is 6.75. The molecule has 0 amide bonds. The molecule has 0 rings (SSSR count). The number of hydrogen-bond acceptors (Lipinski definition) is 11. The maximum absolute atomic E-state index is 16.2. The van der Waals surface area contributed by atoms with Gasteiger partial charge in [0.25, 0.3) is 8.32 Å². The van der Waals surface area contributed by atoms with Crippen LogP contribution >= 0.6 is 0 Å². The van der Waals surface area contributed by atoms with Gasteiger partial charge in [-0.1, -0.05) is 0 Å². The zero-order valence-electron chi connectivity index (χ0n) is 28.0. The molecule has 0 saturated carbocycles. The lowest BCUT2D eigenvalue weighted by Gasteiger charge is -2.45. The summed E-state index contributed by atoms with van der Waals surface area (Å²) in [6, 6.07) is -4.95. The number of ether oxygens (including phenoxy) is 4. The molecule has 0 aliphatic rings. The number of alkyl halides is 19. The van der Waals surface area contributed by atoms with Gasteiger partial charge in [-0.2, -0.15) is 61.8 Å². The first-order valence-corrected chi connectivity index (χ1v) is 20.0. The molecule has 0 aromatic carbocycles. The van der Waals surface area contributed by atoms with Crippen LogP contribution in [0.15, 0.2) is 0 Å². The molecule has 0 spiro atoms. The van der Waals surface area contributed by atoms with Gasteiger partial charge < -0.3 is 31.4 Å². The summed E-state index contributed by atoms with van der Waals surface area (Å²) in [5.41, 5.74) is -6.65. The van der Waals surface area contributed by atoms with Crippen molar-refractivity contribution in [2.75, 3.05) is 42.7 Å². The highest BCUT2D eigenvalue weighted by atomic mass is 28.4. The molecule has 0 aromatic rings. The molecule has 326 valence electrons. The molecule has 1 N–H and O–H groups in total. The molecule has 2 atom stereocenters. The van der Waals surface area contributed by atoms with Crippen molar-refractivity contribution in [3.8, 4) is 0 Å². The van der Waals surface area contributed by atoms with E-state index in [1.165, 1.54) is 0 Å². The van der Waals surface area contributed by atoms with Gasteiger partial charge in [-0.3, -0.25) is 9.47 Å². The lowest BCUT2D eigenvalue weighted by atomic mass is 10.2. The Bertz CT molecular complexity index is 1130. The van der Waals surface area contributed by atoms with Crippen LogP contribution in [0.4, 0.5) is 83.4 Å². The van der Waals surface area contributed by atoms with Crippen LogP contribution in [0.2, 0.25) is 24.2 Å². The molecule has 0 saturated heterocycles. The predicted molar refractivity (Wildman–Crippen MR) is 140 cm³/mol. The van der Waals surface area contributed by atoms with Crippen molar-refractivity contribution in [2.24, 2.45) is 0 Å². The average Bonchev–Trinajstić information content (AvgIpc) is 2.98. The quantitative estimate of drug-likeness (QED) is 0.0596. The van der Waals surface area contributed by atoms with E-state index >= 15 is 17.6 Å². The molecule has 0 heterocycles. The topological polar surface area (TPSA) is 113 Å². The fourth-order valence-corrected chi connectivity index (χ4v) is 11.7. The Morgan fingerprint density at radius 1 is 0.407 bits per heavy atom. The summed E-state index contributed by atoms with van der Waals surface area (Å²) >= 11 is 0. The van der Waals surface area contributed by atoms with E-state index in [9.17, 15) is 70.7 Å². The Balaban J connectivity index is 7.38. The summed E-state index contributed by atoms with van der Waals surface area (Å²) in [6.07, 6.45) is -54.9. The van der Waals surface area contributed by atoms with E-state index in [0.29, 0.717) is 0 Å². The standard InChI is InChI=1S/C21H31F19O11Si3/c1-42-53(43-2,44-3)11-7-9-52(41,10-8-12-54(45-4,46-5)47-6)19(35,15(26,27)28)49-16(29,30)13(22,14(23,24)25)48-17(31,32)18(33,34)50-21(39,40)51-20(36,37)38/h41H,7-12H2,1-6H3. The first-order valence-electron chi connectivity index (χ1n) is 13.8. The lowest BCUT2D eigenvalue weighted by molar-refractivity contribution is -0.591. The normalized spacial score (nSPS) is 17.4. The second-order valence-electron chi connectivity index (χ2n) is 10.4. The zero-order chi connectivity index (χ0) is 43.3. The molecule has 54 heavy (non-hydrogen) atoms. The molecule has 33 heteroatoms. The molecular weight excluding hydrogens is 873 g/mol. The first kappa shape index (κ1) is 52.9. The van der Waals surface area contributed by atoms with Gasteiger partial charge in [-0.15, -0.1) is 22.0 Å². The van der Waals surface area contributed by atoms with E-state index in [1.54, 1.807) is 14.2 Å². The fourth-order valence-electron chi connectivity index (χ4n) is 4.30. The second kappa shape index (κ2) is 17.8. The van der Waals surface area contributed by atoms with Gasteiger partial charge in [0.15, 0.2) is 0 Å². The largest absolute Gasteiger partial charge is 0.529 e. The van der Waals surface area contributed by atoms with Crippen molar-refractivity contribution in [3.05, 3.63) is 0 Å². The minimum absolute atomic E-state index is 0.730. The second-order valence-corrected chi connectivity index (χ2v) is 20.3. The van der Waals surface area contributed by atoms with Crippen LogP contribution in [-0.2, 0) is 45.5 Å². The Kier molecular flexibility index (Phi) is 17.4. The Hall–Kier alpha value is -1.12. The van der Waals surface area contributed by atoms with Crippen molar-refractivity contribution >= 4 is 25.9 Å². The van der Waals surface area contributed by atoms with Crippen molar-refractivity contribution in [2.45, 2.75) is 91.7 Å². The third kappa shape index (κ3) is 12.2. The van der Waals surface area contributed by atoms with Gasteiger partial charge >= 0.3 is 72.3 Å². The maximum atomic E-state index is 16.2. The average molecular weight is 905 g/mol. The molecule has 2 unspecified atom stereocenters. The summed E-state index contributed by atoms with van der Waals surface area (Å²) in [5.74, 6) is -8.18. The van der Waals surface area contributed by atoms with Crippen LogP contribution in [0, 0.1) is 0 Å². The van der Waals surface area contributed by atoms with Gasteiger partial charge in [0.1, 0.15) is 0 Å². The van der Waals surface area contributed by atoms with E-state index in [-0.39, 0.29) is 0 Å².